The molecule has 0 saturated carbocycles. The molecule has 0 bridgehead atoms. The highest BCUT2D eigenvalue weighted by Gasteiger charge is 2.22. The fourth-order valence-electron chi connectivity index (χ4n) is 2.70. The van der Waals surface area contributed by atoms with E-state index >= 15 is 0 Å². The Labute approximate surface area is 129 Å². The Kier molecular flexibility index (Phi) is 4.18. The van der Waals surface area contributed by atoms with Gasteiger partial charge in [-0.05, 0) is 30.3 Å². The maximum Gasteiger partial charge on any atom is 0.153 e. The van der Waals surface area contributed by atoms with Gasteiger partial charge in [0.25, 0.3) is 0 Å². The quantitative estimate of drug-likeness (QED) is 0.735. The van der Waals surface area contributed by atoms with Gasteiger partial charge in [0.2, 0.25) is 0 Å². The van der Waals surface area contributed by atoms with Crippen LogP contribution >= 0.6 is 0 Å². The summed E-state index contributed by atoms with van der Waals surface area (Å²) in [4.78, 5) is 6.02. The lowest BCUT2D eigenvalue weighted by atomic mass is 10.1. The third kappa shape index (κ3) is 2.73. The minimum atomic E-state index is -0.732. The van der Waals surface area contributed by atoms with Crippen LogP contribution in [0, 0.1) is 0 Å². The molecular weight excluding hydrogens is 276 g/mol. The molecule has 2 heterocycles. The zero-order valence-electron chi connectivity index (χ0n) is 12.8. The normalized spacial score (nSPS) is 12.9. The molecule has 0 radical (unpaired) electrons. The number of benzene rings is 1. The molecule has 22 heavy (non-hydrogen) atoms. The van der Waals surface area contributed by atoms with Crippen molar-refractivity contribution >= 4 is 10.9 Å². The minimum absolute atomic E-state index is 0.658. The van der Waals surface area contributed by atoms with Crippen molar-refractivity contribution in [2.45, 2.75) is 19.7 Å². The second kappa shape index (κ2) is 6.25. The van der Waals surface area contributed by atoms with Crippen molar-refractivity contribution in [1.29, 1.82) is 0 Å². The number of fused-ring (bicyclic) bond motifs is 1. The Balaban J connectivity index is 1.91. The molecule has 0 aliphatic carbocycles. The van der Waals surface area contributed by atoms with Gasteiger partial charge in [0, 0.05) is 31.4 Å². The van der Waals surface area contributed by atoms with E-state index in [2.05, 4.69) is 10.1 Å². The predicted molar refractivity (Wildman–Crippen MR) is 86.0 cm³/mol. The highest BCUT2D eigenvalue weighted by molar-refractivity contribution is 5.82. The van der Waals surface area contributed by atoms with E-state index in [4.69, 9.17) is 0 Å². The average Bonchev–Trinajstić information content (AvgIpc) is 2.90. The maximum absolute atomic E-state index is 10.8. The summed E-state index contributed by atoms with van der Waals surface area (Å²) in [6.45, 7) is 3.43. The first kappa shape index (κ1) is 14.7. The second-order valence-electron chi connectivity index (χ2n) is 5.32. The number of aromatic nitrogens is 3. The summed E-state index contributed by atoms with van der Waals surface area (Å²) in [5.41, 5.74) is 2.85. The molecule has 0 aliphatic rings. The molecule has 0 spiro atoms. The van der Waals surface area contributed by atoms with Crippen molar-refractivity contribution in [1.82, 2.24) is 19.7 Å². The zero-order valence-corrected chi connectivity index (χ0v) is 12.8. The van der Waals surface area contributed by atoms with E-state index in [0.717, 1.165) is 23.0 Å². The first-order valence-electron chi connectivity index (χ1n) is 7.43. The third-order valence-corrected chi connectivity index (χ3v) is 3.92. The lowest BCUT2D eigenvalue weighted by molar-refractivity contribution is -0.00325. The second-order valence-corrected chi connectivity index (χ2v) is 5.32. The number of hydrogen-bond acceptors (Lipinski definition) is 4. The third-order valence-electron chi connectivity index (χ3n) is 3.92. The van der Waals surface area contributed by atoms with Crippen LogP contribution in [0.5, 0.6) is 0 Å². The Morgan fingerprint density at radius 2 is 1.91 bits per heavy atom. The summed E-state index contributed by atoms with van der Waals surface area (Å²) < 4.78 is 1.81. The largest absolute Gasteiger partial charge is 0.372 e. The number of rotatable bonds is 5. The summed E-state index contributed by atoms with van der Waals surface area (Å²) in [6, 6.07) is 11.9. The first-order valence-corrected chi connectivity index (χ1v) is 7.43. The van der Waals surface area contributed by atoms with Crippen LogP contribution in [0.15, 0.2) is 48.8 Å². The molecule has 1 N–H and O–H groups in total. The Morgan fingerprint density at radius 3 is 2.64 bits per heavy atom. The van der Waals surface area contributed by atoms with Crippen molar-refractivity contribution in [3.63, 3.8) is 0 Å². The van der Waals surface area contributed by atoms with Gasteiger partial charge in [-0.3, -0.25) is 14.6 Å². The number of aliphatic hydroxyl groups is 1. The average molecular weight is 296 g/mol. The van der Waals surface area contributed by atoms with Crippen LogP contribution in [0.3, 0.4) is 0 Å². The summed E-state index contributed by atoms with van der Waals surface area (Å²) >= 11 is 0. The lowest BCUT2D eigenvalue weighted by Gasteiger charge is -2.25. The Morgan fingerprint density at radius 1 is 1.18 bits per heavy atom. The van der Waals surface area contributed by atoms with E-state index in [1.165, 1.54) is 0 Å². The highest BCUT2D eigenvalue weighted by atomic mass is 16.3. The van der Waals surface area contributed by atoms with Gasteiger partial charge in [-0.25, -0.2) is 0 Å². The van der Waals surface area contributed by atoms with Crippen LogP contribution in [0.1, 0.15) is 24.4 Å². The molecule has 0 aliphatic heterocycles. The fourth-order valence-corrected chi connectivity index (χ4v) is 2.70. The topological polar surface area (TPSA) is 54.2 Å². The Hall–Kier alpha value is -2.24. The molecule has 3 rings (SSSR count). The van der Waals surface area contributed by atoms with Gasteiger partial charge in [0.1, 0.15) is 5.69 Å². The van der Waals surface area contributed by atoms with Crippen LogP contribution in [0.4, 0.5) is 0 Å². The molecule has 3 aromatic rings. The van der Waals surface area contributed by atoms with E-state index in [0.29, 0.717) is 12.2 Å². The predicted octanol–water partition coefficient (Wildman–Crippen LogP) is 2.48. The number of aliphatic hydroxyl groups excluding tert-OH is 1. The van der Waals surface area contributed by atoms with E-state index in [1.807, 2.05) is 60.0 Å². The van der Waals surface area contributed by atoms with Crippen molar-refractivity contribution in [3.8, 4) is 0 Å². The van der Waals surface area contributed by atoms with Gasteiger partial charge < -0.3 is 5.11 Å². The Bertz CT molecular complexity index is 754. The summed E-state index contributed by atoms with van der Waals surface area (Å²) in [7, 11) is 1.90. The van der Waals surface area contributed by atoms with Crippen LogP contribution < -0.4 is 0 Å². The molecule has 1 aromatic carbocycles. The molecule has 5 nitrogen and oxygen atoms in total. The van der Waals surface area contributed by atoms with Crippen molar-refractivity contribution in [2.75, 3.05) is 6.54 Å². The number of pyridine rings is 1. The van der Waals surface area contributed by atoms with Gasteiger partial charge in [-0.2, -0.15) is 5.10 Å². The molecule has 5 heteroatoms. The van der Waals surface area contributed by atoms with E-state index < -0.39 is 6.23 Å². The SMILES string of the molecule is CCN(Cc1ccncc1)C(O)c1nn(C)c2ccccc12. The van der Waals surface area contributed by atoms with Gasteiger partial charge >= 0.3 is 0 Å². The van der Waals surface area contributed by atoms with Gasteiger partial charge in [0.15, 0.2) is 6.23 Å². The standard InChI is InChI=1S/C17H20N4O/c1-3-21(12-13-8-10-18-11-9-13)17(22)16-14-6-4-5-7-15(14)20(2)19-16/h4-11,17,22H,3,12H2,1-2H3. The summed E-state index contributed by atoms with van der Waals surface area (Å²) in [6.07, 6.45) is 2.81. The van der Waals surface area contributed by atoms with Crippen molar-refractivity contribution in [2.24, 2.45) is 7.05 Å². The maximum atomic E-state index is 10.8. The van der Waals surface area contributed by atoms with Crippen LogP contribution in [0.25, 0.3) is 10.9 Å². The van der Waals surface area contributed by atoms with E-state index in [-0.39, 0.29) is 0 Å². The van der Waals surface area contributed by atoms with E-state index in [1.54, 1.807) is 12.4 Å². The summed E-state index contributed by atoms with van der Waals surface area (Å²) in [5.74, 6) is 0. The number of nitrogens with zero attached hydrogens (tertiary/aromatic N) is 4. The molecule has 0 saturated heterocycles. The molecule has 1 atom stereocenters. The summed E-state index contributed by atoms with van der Waals surface area (Å²) in [5, 5.41) is 16.3. The van der Waals surface area contributed by atoms with Crippen LogP contribution in [-0.4, -0.2) is 31.3 Å². The number of para-hydroxylation sites is 1. The van der Waals surface area contributed by atoms with Crippen LogP contribution in [0.2, 0.25) is 0 Å². The molecule has 1 unspecified atom stereocenters. The van der Waals surface area contributed by atoms with Crippen molar-refractivity contribution in [3.05, 3.63) is 60.0 Å². The molecule has 114 valence electrons. The first-order chi connectivity index (χ1) is 10.7. The smallest absolute Gasteiger partial charge is 0.153 e. The number of aryl methyl sites for hydroxylation is 1. The zero-order chi connectivity index (χ0) is 15.5. The molecular formula is C17H20N4O. The molecule has 2 aromatic heterocycles. The molecule has 0 amide bonds. The van der Waals surface area contributed by atoms with Gasteiger partial charge in [-0.1, -0.05) is 25.1 Å². The van der Waals surface area contributed by atoms with Crippen LogP contribution in [-0.2, 0) is 13.6 Å². The lowest BCUT2D eigenvalue weighted by Crippen LogP contribution is -2.28. The number of hydrogen-bond donors (Lipinski definition) is 1. The monoisotopic (exact) mass is 296 g/mol. The van der Waals surface area contributed by atoms with Gasteiger partial charge in [0.05, 0.1) is 5.52 Å². The fraction of sp³-hybridized carbons (Fsp3) is 0.294. The van der Waals surface area contributed by atoms with Crippen molar-refractivity contribution < 1.29 is 5.11 Å². The highest BCUT2D eigenvalue weighted by Crippen LogP contribution is 2.26. The molecule has 0 fully saturated rings. The van der Waals surface area contributed by atoms with E-state index in [9.17, 15) is 5.11 Å². The van der Waals surface area contributed by atoms with Gasteiger partial charge in [-0.15, -0.1) is 0 Å². The minimum Gasteiger partial charge on any atom is -0.372 e.